The van der Waals surface area contributed by atoms with E-state index in [9.17, 15) is 0 Å². The third-order valence-corrected chi connectivity index (χ3v) is 4.85. The van der Waals surface area contributed by atoms with Gasteiger partial charge in [0.2, 0.25) is 0 Å². The fraction of sp³-hybridized carbons (Fsp3) is 1.00. The Morgan fingerprint density at radius 3 is 2.53 bits per heavy atom. The SMILES string of the molecule is CC(NCCN1CC(C)N(C)C(C)C1)C1CCCO1. The number of likely N-dealkylation sites (N-methyl/N-ethyl adjacent to an activating group) is 1. The molecule has 112 valence electrons. The quantitative estimate of drug-likeness (QED) is 0.811. The van der Waals surface area contributed by atoms with Crippen molar-refractivity contribution in [1.82, 2.24) is 15.1 Å². The average Bonchev–Trinajstić information content (AvgIpc) is 2.89. The van der Waals surface area contributed by atoms with E-state index >= 15 is 0 Å². The molecule has 4 atom stereocenters. The standard InChI is InChI=1S/C15H31N3O/c1-12-10-18(11-13(2)17(12)4)8-7-16-14(3)15-6-5-9-19-15/h12-16H,5-11H2,1-4H3. The molecule has 4 unspecified atom stereocenters. The van der Waals surface area contributed by atoms with Crippen LogP contribution < -0.4 is 5.32 Å². The minimum atomic E-state index is 0.435. The van der Waals surface area contributed by atoms with E-state index in [1.54, 1.807) is 0 Å². The zero-order valence-corrected chi connectivity index (χ0v) is 13.1. The summed E-state index contributed by atoms with van der Waals surface area (Å²) in [6.07, 6.45) is 2.88. The Morgan fingerprint density at radius 1 is 1.26 bits per heavy atom. The van der Waals surface area contributed by atoms with E-state index < -0.39 is 0 Å². The Morgan fingerprint density at radius 2 is 1.95 bits per heavy atom. The van der Waals surface area contributed by atoms with E-state index in [0.29, 0.717) is 24.2 Å². The van der Waals surface area contributed by atoms with Gasteiger partial charge in [0.25, 0.3) is 0 Å². The van der Waals surface area contributed by atoms with Crippen LogP contribution in [0.25, 0.3) is 0 Å². The van der Waals surface area contributed by atoms with Crippen molar-refractivity contribution in [3.05, 3.63) is 0 Å². The maximum absolute atomic E-state index is 5.72. The van der Waals surface area contributed by atoms with Crippen LogP contribution in [0, 0.1) is 0 Å². The van der Waals surface area contributed by atoms with Gasteiger partial charge >= 0.3 is 0 Å². The highest BCUT2D eigenvalue weighted by Gasteiger charge is 2.26. The number of piperazine rings is 1. The van der Waals surface area contributed by atoms with Crippen LogP contribution in [-0.4, -0.2) is 73.9 Å². The highest BCUT2D eigenvalue weighted by atomic mass is 16.5. The molecule has 0 saturated carbocycles. The second kappa shape index (κ2) is 7.02. The second-order valence-electron chi connectivity index (χ2n) is 6.42. The third kappa shape index (κ3) is 4.15. The molecule has 0 spiro atoms. The summed E-state index contributed by atoms with van der Waals surface area (Å²) in [7, 11) is 2.24. The number of nitrogens with one attached hydrogen (secondary N) is 1. The predicted molar refractivity (Wildman–Crippen MR) is 79.6 cm³/mol. The van der Waals surface area contributed by atoms with Gasteiger partial charge in [0.15, 0.2) is 0 Å². The van der Waals surface area contributed by atoms with Crippen LogP contribution in [0.4, 0.5) is 0 Å². The van der Waals surface area contributed by atoms with Gasteiger partial charge in [-0.05, 0) is 40.7 Å². The minimum absolute atomic E-state index is 0.435. The summed E-state index contributed by atoms with van der Waals surface area (Å²) in [5, 5.41) is 3.63. The van der Waals surface area contributed by atoms with Crippen LogP contribution in [0.3, 0.4) is 0 Å². The fourth-order valence-electron chi connectivity index (χ4n) is 3.28. The molecule has 2 saturated heterocycles. The summed E-state index contributed by atoms with van der Waals surface area (Å²) in [5.41, 5.74) is 0. The summed E-state index contributed by atoms with van der Waals surface area (Å²) in [6.45, 7) is 12.5. The molecule has 2 rings (SSSR count). The van der Waals surface area contributed by atoms with Gasteiger partial charge in [-0.25, -0.2) is 0 Å². The smallest absolute Gasteiger partial charge is 0.0726 e. The molecule has 0 aromatic rings. The van der Waals surface area contributed by atoms with Crippen LogP contribution in [0.2, 0.25) is 0 Å². The van der Waals surface area contributed by atoms with E-state index in [1.165, 1.54) is 25.9 Å². The Labute approximate surface area is 118 Å². The molecule has 4 heteroatoms. The fourth-order valence-corrected chi connectivity index (χ4v) is 3.28. The molecule has 2 heterocycles. The number of hydrogen-bond acceptors (Lipinski definition) is 4. The molecule has 19 heavy (non-hydrogen) atoms. The molecule has 2 fully saturated rings. The van der Waals surface area contributed by atoms with Gasteiger partial charge in [0, 0.05) is 50.9 Å². The van der Waals surface area contributed by atoms with Crippen molar-refractivity contribution in [3.8, 4) is 0 Å². The van der Waals surface area contributed by atoms with Gasteiger partial charge in [0.1, 0.15) is 0 Å². The summed E-state index contributed by atoms with van der Waals surface area (Å²) < 4.78 is 5.72. The molecule has 0 aliphatic carbocycles. The second-order valence-corrected chi connectivity index (χ2v) is 6.42. The molecule has 1 N–H and O–H groups in total. The summed E-state index contributed by atoms with van der Waals surface area (Å²) in [5.74, 6) is 0. The largest absolute Gasteiger partial charge is 0.377 e. The first-order chi connectivity index (χ1) is 9.08. The van der Waals surface area contributed by atoms with E-state index in [-0.39, 0.29) is 0 Å². The topological polar surface area (TPSA) is 27.7 Å². The molecular formula is C15H31N3O. The molecular weight excluding hydrogens is 238 g/mol. The number of ether oxygens (including phenoxy) is 1. The van der Waals surface area contributed by atoms with Gasteiger partial charge in [-0.15, -0.1) is 0 Å². The van der Waals surface area contributed by atoms with Crippen molar-refractivity contribution in [2.75, 3.05) is 39.8 Å². The lowest BCUT2D eigenvalue weighted by molar-refractivity contribution is 0.0561. The van der Waals surface area contributed by atoms with Gasteiger partial charge < -0.3 is 10.1 Å². The highest BCUT2D eigenvalue weighted by molar-refractivity contribution is 4.83. The van der Waals surface area contributed by atoms with E-state index in [4.69, 9.17) is 4.74 Å². The zero-order valence-electron chi connectivity index (χ0n) is 13.1. The monoisotopic (exact) mass is 269 g/mol. The molecule has 0 bridgehead atoms. The average molecular weight is 269 g/mol. The molecule has 2 aliphatic rings. The van der Waals surface area contributed by atoms with Crippen molar-refractivity contribution >= 4 is 0 Å². The maximum atomic E-state index is 5.72. The summed E-state index contributed by atoms with van der Waals surface area (Å²) in [4.78, 5) is 5.07. The molecule has 0 amide bonds. The minimum Gasteiger partial charge on any atom is -0.377 e. The first kappa shape index (κ1) is 15.2. The van der Waals surface area contributed by atoms with Crippen LogP contribution in [-0.2, 0) is 4.74 Å². The lowest BCUT2D eigenvalue weighted by Crippen LogP contribution is -2.56. The Hall–Kier alpha value is -0.160. The van der Waals surface area contributed by atoms with E-state index in [1.807, 2.05) is 0 Å². The Balaban J connectivity index is 1.65. The molecule has 0 aromatic heterocycles. The van der Waals surface area contributed by atoms with E-state index in [2.05, 4.69) is 42.9 Å². The Kier molecular flexibility index (Phi) is 5.63. The number of hydrogen-bond donors (Lipinski definition) is 1. The molecule has 4 nitrogen and oxygen atoms in total. The first-order valence-electron chi connectivity index (χ1n) is 7.87. The van der Waals surface area contributed by atoms with Crippen molar-refractivity contribution < 1.29 is 4.74 Å². The predicted octanol–water partition coefficient (Wildman–Crippen LogP) is 1.17. The van der Waals surface area contributed by atoms with Crippen molar-refractivity contribution in [3.63, 3.8) is 0 Å². The van der Waals surface area contributed by atoms with Gasteiger partial charge in [-0.1, -0.05) is 0 Å². The number of nitrogens with zero attached hydrogens (tertiary/aromatic N) is 2. The zero-order chi connectivity index (χ0) is 13.8. The van der Waals surface area contributed by atoms with Gasteiger partial charge in [0.05, 0.1) is 6.10 Å². The summed E-state index contributed by atoms with van der Waals surface area (Å²) in [6, 6.07) is 1.82. The van der Waals surface area contributed by atoms with Crippen LogP contribution in [0.1, 0.15) is 33.6 Å². The van der Waals surface area contributed by atoms with Gasteiger partial charge in [-0.3, -0.25) is 9.80 Å². The third-order valence-electron chi connectivity index (χ3n) is 4.85. The van der Waals surface area contributed by atoms with E-state index in [0.717, 1.165) is 19.7 Å². The molecule has 2 aliphatic heterocycles. The summed E-state index contributed by atoms with van der Waals surface area (Å²) >= 11 is 0. The number of rotatable bonds is 5. The van der Waals surface area contributed by atoms with Gasteiger partial charge in [-0.2, -0.15) is 0 Å². The van der Waals surface area contributed by atoms with Crippen molar-refractivity contribution in [2.45, 2.75) is 57.8 Å². The molecule has 0 aromatic carbocycles. The van der Waals surface area contributed by atoms with Crippen molar-refractivity contribution in [2.24, 2.45) is 0 Å². The maximum Gasteiger partial charge on any atom is 0.0726 e. The lowest BCUT2D eigenvalue weighted by atomic mass is 10.1. The normalized spacial score (nSPS) is 35.7. The van der Waals surface area contributed by atoms with Crippen molar-refractivity contribution in [1.29, 1.82) is 0 Å². The first-order valence-corrected chi connectivity index (χ1v) is 7.87. The lowest BCUT2D eigenvalue weighted by Gasteiger charge is -2.42. The Bertz CT molecular complexity index is 256. The highest BCUT2D eigenvalue weighted by Crippen LogP contribution is 2.15. The van der Waals surface area contributed by atoms with Crippen LogP contribution >= 0.6 is 0 Å². The van der Waals surface area contributed by atoms with Crippen LogP contribution in [0.5, 0.6) is 0 Å². The van der Waals surface area contributed by atoms with Crippen LogP contribution in [0.15, 0.2) is 0 Å². The molecule has 0 radical (unpaired) electrons.